The van der Waals surface area contributed by atoms with E-state index >= 15 is 0 Å². The SMILES string of the molecule is c1ccc(-c2ccc(-c3nc(-c4ccc(-c5ccccc5)cc4)nc(-c4cccc5c(-n6c7ccccc7c7cc8ccccc8cc76)cccc45)n3)cc2)cc1. The Labute approximate surface area is 330 Å². The molecule has 0 amide bonds. The lowest BCUT2D eigenvalue weighted by atomic mass is 10.0. The maximum absolute atomic E-state index is 5.21. The summed E-state index contributed by atoms with van der Waals surface area (Å²) in [5, 5.41) is 7.11. The fourth-order valence-electron chi connectivity index (χ4n) is 8.24. The van der Waals surface area contributed by atoms with Gasteiger partial charge in [-0.2, -0.15) is 0 Å². The zero-order chi connectivity index (χ0) is 37.7. The first-order valence-electron chi connectivity index (χ1n) is 19.3. The third kappa shape index (κ3) is 5.74. The van der Waals surface area contributed by atoms with Crippen molar-refractivity contribution >= 4 is 43.4 Å². The third-order valence-electron chi connectivity index (χ3n) is 11.1. The molecule has 0 spiro atoms. The summed E-state index contributed by atoms with van der Waals surface area (Å²) < 4.78 is 2.41. The highest BCUT2D eigenvalue weighted by Crippen LogP contribution is 2.39. The quantitative estimate of drug-likeness (QED) is 0.171. The van der Waals surface area contributed by atoms with Gasteiger partial charge in [0, 0.05) is 32.8 Å². The molecule has 0 N–H and O–H groups in total. The number of benzene rings is 9. The zero-order valence-corrected chi connectivity index (χ0v) is 30.9. The Morgan fingerprint density at radius 1 is 0.281 bits per heavy atom. The Morgan fingerprint density at radius 3 is 1.40 bits per heavy atom. The van der Waals surface area contributed by atoms with Gasteiger partial charge in [0.25, 0.3) is 0 Å². The van der Waals surface area contributed by atoms with E-state index in [0.29, 0.717) is 17.5 Å². The van der Waals surface area contributed by atoms with Crippen molar-refractivity contribution in [3.8, 4) is 62.1 Å². The van der Waals surface area contributed by atoms with Crippen LogP contribution in [0.4, 0.5) is 0 Å². The minimum absolute atomic E-state index is 0.629. The molecule has 11 rings (SSSR count). The average Bonchev–Trinajstić information content (AvgIpc) is 3.61. The number of para-hydroxylation sites is 1. The molecule has 0 saturated heterocycles. The van der Waals surface area contributed by atoms with Crippen LogP contribution in [-0.2, 0) is 0 Å². The van der Waals surface area contributed by atoms with Crippen LogP contribution in [0, 0.1) is 0 Å². The number of rotatable bonds is 6. The predicted octanol–water partition coefficient (Wildman–Crippen LogP) is 13.6. The van der Waals surface area contributed by atoms with E-state index in [0.717, 1.165) is 44.3 Å². The van der Waals surface area contributed by atoms with Crippen molar-refractivity contribution in [1.29, 1.82) is 0 Å². The Balaban J connectivity index is 1.09. The van der Waals surface area contributed by atoms with Crippen molar-refractivity contribution in [2.24, 2.45) is 0 Å². The van der Waals surface area contributed by atoms with Gasteiger partial charge >= 0.3 is 0 Å². The summed E-state index contributed by atoms with van der Waals surface area (Å²) in [5.41, 5.74) is 10.9. The van der Waals surface area contributed by atoms with Crippen molar-refractivity contribution in [3.63, 3.8) is 0 Å². The minimum atomic E-state index is 0.629. The highest BCUT2D eigenvalue weighted by molar-refractivity contribution is 6.15. The molecule has 11 aromatic rings. The lowest BCUT2D eigenvalue weighted by Gasteiger charge is -2.15. The van der Waals surface area contributed by atoms with E-state index in [4.69, 9.17) is 15.0 Å². The van der Waals surface area contributed by atoms with Crippen molar-refractivity contribution in [2.45, 2.75) is 0 Å². The highest BCUT2D eigenvalue weighted by atomic mass is 15.0. The molecule has 0 unspecified atom stereocenters. The average molecular weight is 727 g/mol. The molecule has 4 heteroatoms. The third-order valence-corrected chi connectivity index (χ3v) is 11.1. The molecule has 0 radical (unpaired) electrons. The lowest BCUT2D eigenvalue weighted by molar-refractivity contribution is 1.08. The van der Waals surface area contributed by atoms with Crippen LogP contribution in [0.2, 0.25) is 0 Å². The van der Waals surface area contributed by atoms with Crippen LogP contribution in [0.25, 0.3) is 105 Å². The minimum Gasteiger partial charge on any atom is -0.309 e. The normalized spacial score (nSPS) is 11.5. The second-order valence-corrected chi connectivity index (χ2v) is 14.4. The van der Waals surface area contributed by atoms with Crippen molar-refractivity contribution < 1.29 is 0 Å². The summed E-state index contributed by atoms with van der Waals surface area (Å²) in [4.78, 5) is 15.5. The molecule has 0 atom stereocenters. The monoisotopic (exact) mass is 726 g/mol. The molecule has 2 heterocycles. The second kappa shape index (κ2) is 13.6. The molecule has 0 aliphatic carbocycles. The molecule has 0 bridgehead atoms. The Kier molecular flexibility index (Phi) is 7.78. The summed E-state index contributed by atoms with van der Waals surface area (Å²) in [7, 11) is 0. The van der Waals surface area contributed by atoms with Crippen LogP contribution in [0.3, 0.4) is 0 Å². The standard InChI is InChI=1S/C53H34N4/c1-3-13-35(14-4-1)37-25-29-39(30-26-37)51-54-52(40-31-27-38(28-32-40)36-15-5-2-6-16-36)56-53(55-51)46-22-11-21-44-43(46)20-12-24-49(44)57-48-23-10-9-19-45(48)47-33-41-17-7-8-18-42(41)34-50(47)57/h1-34H. The van der Waals surface area contributed by atoms with Gasteiger partial charge in [-0.25, -0.2) is 15.0 Å². The molecule has 2 aromatic heterocycles. The number of hydrogen-bond acceptors (Lipinski definition) is 3. The Hall–Kier alpha value is -7.69. The van der Waals surface area contributed by atoms with Crippen LogP contribution in [-0.4, -0.2) is 19.5 Å². The Morgan fingerprint density at radius 2 is 0.754 bits per heavy atom. The first-order valence-corrected chi connectivity index (χ1v) is 19.3. The van der Waals surface area contributed by atoms with E-state index in [1.807, 2.05) is 12.1 Å². The second-order valence-electron chi connectivity index (χ2n) is 14.4. The molecular formula is C53H34N4. The number of hydrogen-bond donors (Lipinski definition) is 0. The first-order chi connectivity index (χ1) is 28.2. The largest absolute Gasteiger partial charge is 0.309 e. The predicted molar refractivity (Wildman–Crippen MR) is 236 cm³/mol. The van der Waals surface area contributed by atoms with Gasteiger partial charge in [-0.05, 0) is 62.7 Å². The number of nitrogens with zero attached hydrogens (tertiary/aromatic N) is 4. The molecule has 0 aliphatic rings. The van der Waals surface area contributed by atoms with Gasteiger partial charge < -0.3 is 4.57 Å². The van der Waals surface area contributed by atoms with Gasteiger partial charge in [0.15, 0.2) is 17.5 Å². The van der Waals surface area contributed by atoms with Crippen molar-refractivity contribution in [2.75, 3.05) is 0 Å². The molecule has 266 valence electrons. The van der Waals surface area contributed by atoms with Crippen LogP contribution >= 0.6 is 0 Å². The fraction of sp³-hybridized carbons (Fsp3) is 0. The topological polar surface area (TPSA) is 43.6 Å². The highest BCUT2D eigenvalue weighted by Gasteiger charge is 2.19. The van der Waals surface area contributed by atoms with Crippen LogP contribution < -0.4 is 0 Å². The summed E-state index contributed by atoms with van der Waals surface area (Å²) in [6, 6.07) is 72.8. The van der Waals surface area contributed by atoms with E-state index in [1.165, 1.54) is 43.7 Å². The maximum atomic E-state index is 5.21. The van der Waals surface area contributed by atoms with Gasteiger partial charge in [-0.1, -0.05) is 182 Å². The first kappa shape index (κ1) is 32.7. The molecule has 0 aliphatic heterocycles. The molecule has 57 heavy (non-hydrogen) atoms. The molecule has 4 nitrogen and oxygen atoms in total. The smallest absolute Gasteiger partial charge is 0.164 e. The molecular weight excluding hydrogens is 693 g/mol. The lowest BCUT2D eigenvalue weighted by Crippen LogP contribution is -2.01. The summed E-state index contributed by atoms with van der Waals surface area (Å²) in [5.74, 6) is 1.89. The van der Waals surface area contributed by atoms with Gasteiger partial charge in [0.2, 0.25) is 0 Å². The number of fused-ring (bicyclic) bond motifs is 5. The zero-order valence-electron chi connectivity index (χ0n) is 30.9. The summed E-state index contributed by atoms with van der Waals surface area (Å²) in [6.07, 6.45) is 0. The van der Waals surface area contributed by atoms with Crippen LogP contribution in [0.15, 0.2) is 206 Å². The maximum Gasteiger partial charge on any atom is 0.164 e. The molecule has 0 fully saturated rings. The van der Waals surface area contributed by atoms with E-state index in [2.05, 4.69) is 199 Å². The van der Waals surface area contributed by atoms with Crippen LogP contribution in [0.1, 0.15) is 0 Å². The fourth-order valence-corrected chi connectivity index (χ4v) is 8.24. The summed E-state index contributed by atoms with van der Waals surface area (Å²) in [6.45, 7) is 0. The number of aromatic nitrogens is 4. The van der Waals surface area contributed by atoms with Crippen molar-refractivity contribution in [3.05, 3.63) is 206 Å². The van der Waals surface area contributed by atoms with Gasteiger partial charge in [0.1, 0.15) is 0 Å². The van der Waals surface area contributed by atoms with Gasteiger partial charge in [-0.15, -0.1) is 0 Å². The van der Waals surface area contributed by atoms with E-state index in [1.54, 1.807) is 0 Å². The summed E-state index contributed by atoms with van der Waals surface area (Å²) >= 11 is 0. The van der Waals surface area contributed by atoms with E-state index in [-0.39, 0.29) is 0 Å². The van der Waals surface area contributed by atoms with Gasteiger partial charge in [-0.3, -0.25) is 0 Å². The molecule has 9 aromatic carbocycles. The Bertz CT molecular complexity index is 3160. The van der Waals surface area contributed by atoms with Crippen LogP contribution in [0.5, 0.6) is 0 Å². The van der Waals surface area contributed by atoms with Gasteiger partial charge in [0.05, 0.1) is 16.7 Å². The van der Waals surface area contributed by atoms with Crippen molar-refractivity contribution in [1.82, 2.24) is 19.5 Å². The molecule has 0 saturated carbocycles. The van der Waals surface area contributed by atoms with E-state index in [9.17, 15) is 0 Å². The van der Waals surface area contributed by atoms with E-state index < -0.39 is 0 Å².